The Kier molecular flexibility index (Phi) is 1.35. The smallest absolute Gasteiger partial charge is 0.312 e. The Balaban J connectivity index is 2.26. The molecule has 0 bridgehead atoms. The van der Waals surface area contributed by atoms with Crippen molar-refractivity contribution in [3.63, 3.8) is 0 Å². The van der Waals surface area contributed by atoms with Gasteiger partial charge in [-0.25, -0.2) is 0 Å². The summed E-state index contributed by atoms with van der Waals surface area (Å²) >= 11 is 0. The summed E-state index contributed by atoms with van der Waals surface area (Å²) in [6.07, 6.45) is 0. The minimum Gasteiger partial charge on any atom is -0.333 e. The maximum Gasteiger partial charge on any atom is 0.312 e. The fourth-order valence-electron chi connectivity index (χ4n) is 0.767. The predicted octanol–water partition coefficient (Wildman–Crippen LogP) is -0.602. The first-order valence-electron chi connectivity index (χ1n) is 2.54. The second-order valence-electron chi connectivity index (χ2n) is 2.08. The zero-order valence-electron chi connectivity index (χ0n) is 4.89. The van der Waals surface area contributed by atoms with E-state index in [4.69, 9.17) is 0 Å². The molecule has 2 nitrogen and oxygen atoms in total. The molecule has 0 aromatic carbocycles. The number of likely N-dealkylation sites (N-methyl/N-ethyl adjacent to an activating group) is 2. The zero-order chi connectivity index (χ0) is 5.28. The lowest BCUT2D eigenvalue weighted by Crippen LogP contribution is -2.23. The summed E-state index contributed by atoms with van der Waals surface area (Å²) in [4.78, 5) is 4.36. The second kappa shape index (κ2) is 1.84. The van der Waals surface area contributed by atoms with Crippen LogP contribution in [0.1, 0.15) is 0 Å². The third-order valence-electron chi connectivity index (χ3n) is 1.20. The minimum atomic E-state index is 1.18. The zero-order valence-corrected chi connectivity index (χ0v) is 4.89. The van der Waals surface area contributed by atoms with Crippen molar-refractivity contribution in [1.82, 2.24) is 9.62 Å². The standard InChI is InChI=1S/C4H10BN2/c1-6-3-4-7(2)5-6/h3-4H2,1-2H3. The summed E-state index contributed by atoms with van der Waals surface area (Å²) in [5.74, 6) is 0. The number of nitrogens with zero attached hydrogens (tertiary/aromatic N) is 2. The van der Waals surface area contributed by atoms with Crippen LogP contribution < -0.4 is 0 Å². The molecule has 0 unspecified atom stereocenters. The first-order valence-corrected chi connectivity index (χ1v) is 2.54. The van der Waals surface area contributed by atoms with Crippen LogP contribution in [-0.2, 0) is 0 Å². The van der Waals surface area contributed by atoms with E-state index < -0.39 is 0 Å². The number of hydrogen-bond donors (Lipinski definition) is 0. The molecule has 0 spiro atoms. The van der Waals surface area contributed by atoms with Crippen molar-refractivity contribution in [1.29, 1.82) is 0 Å². The Morgan fingerprint density at radius 1 is 1.14 bits per heavy atom. The van der Waals surface area contributed by atoms with Crippen LogP contribution in [0.25, 0.3) is 0 Å². The van der Waals surface area contributed by atoms with E-state index in [2.05, 4.69) is 31.3 Å². The van der Waals surface area contributed by atoms with Crippen LogP contribution in [0.15, 0.2) is 0 Å². The SMILES string of the molecule is CN1[B]N(C)CC1. The average Bonchev–Trinajstić information content (AvgIpc) is 1.87. The average molecular weight is 97.0 g/mol. The first-order chi connectivity index (χ1) is 3.29. The van der Waals surface area contributed by atoms with E-state index in [9.17, 15) is 0 Å². The predicted molar refractivity (Wildman–Crippen MR) is 31.0 cm³/mol. The summed E-state index contributed by atoms with van der Waals surface area (Å²) in [5, 5.41) is 0. The van der Waals surface area contributed by atoms with E-state index in [1.54, 1.807) is 0 Å². The van der Waals surface area contributed by atoms with Crippen LogP contribution >= 0.6 is 0 Å². The van der Waals surface area contributed by atoms with Crippen LogP contribution in [0, 0.1) is 0 Å². The highest BCUT2D eigenvalue weighted by Gasteiger charge is 2.13. The molecule has 3 heteroatoms. The normalized spacial score (nSPS) is 25.4. The Morgan fingerprint density at radius 3 is 1.71 bits per heavy atom. The van der Waals surface area contributed by atoms with Crippen LogP contribution in [0.3, 0.4) is 0 Å². The molecule has 0 saturated carbocycles. The second-order valence-corrected chi connectivity index (χ2v) is 2.08. The molecule has 0 N–H and O–H groups in total. The van der Waals surface area contributed by atoms with Gasteiger partial charge in [0.25, 0.3) is 0 Å². The van der Waals surface area contributed by atoms with Crippen molar-refractivity contribution in [3.8, 4) is 0 Å². The molecule has 0 aromatic heterocycles. The molecule has 7 heavy (non-hydrogen) atoms. The van der Waals surface area contributed by atoms with Gasteiger partial charge in [-0.05, 0) is 27.2 Å². The third-order valence-corrected chi connectivity index (χ3v) is 1.20. The van der Waals surface area contributed by atoms with Crippen LogP contribution in [-0.4, -0.2) is 44.4 Å². The van der Waals surface area contributed by atoms with Crippen molar-refractivity contribution >= 4 is 7.55 Å². The van der Waals surface area contributed by atoms with Crippen LogP contribution in [0.4, 0.5) is 0 Å². The van der Waals surface area contributed by atoms with Gasteiger partial charge < -0.3 is 9.62 Å². The monoisotopic (exact) mass is 97.1 g/mol. The molecule has 0 aromatic rings. The van der Waals surface area contributed by atoms with Gasteiger partial charge in [-0.3, -0.25) is 0 Å². The van der Waals surface area contributed by atoms with Gasteiger partial charge in [-0.1, -0.05) is 0 Å². The lowest BCUT2D eigenvalue weighted by molar-refractivity contribution is 0.553. The molecule has 1 fully saturated rings. The fourth-order valence-corrected chi connectivity index (χ4v) is 0.767. The van der Waals surface area contributed by atoms with E-state index >= 15 is 0 Å². The lowest BCUT2D eigenvalue weighted by Gasteiger charge is -2.02. The van der Waals surface area contributed by atoms with Crippen molar-refractivity contribution in [2.75, 3.05) is 27.2 Å². The van der Waals surface area contributed by atoms with Crippen molar-refractivity contribution < 1.29 is 0 Å². The molecule has 39 valence electrons. The van der Waals surface area contributed by atoms with Crippen LogP contribution in [0.5, 0.6) is 0 Å². The maximum absolute atomic E-state index is 2.18. The number of hydrogen-bond acceptors (Lipinski definition) is 2. The van der Waals surface area contributed by atoms with Crippen molar-refractivity contribution in [2.24, 2.45) is 0 Å². The highest BCUT2D eigenvalue weighted by molar-refractivity contribution is 6.29. The Bertz CT molecular complexity index is 58.7. The Hall–Kier alpha value is -0.0151. The molecule has 1 heterocycles. The topological polar surface area (TPSA) is 6.48 Å². The Morgan fingerprint density at radius 2 is 1.57 bits per heavy atom. The quantitative estimate of drug-likeness (QED) is 0.372. The summed E-state index contributed by atoms with van der Waals surface area (Å²) in [6.45, 7) is 2.35. The molecule has 1 aliphatic rings. The Labute approximate surface area is 45.4 Å². The summed E-state index contributed by atoms with van der Waals surface area (Å²) < 4.78 is 0. The molecular formula is C4H10BN2. The minimum absolute atomic E-state index is 1.18. The first kappa shape index (κ1) is 5.13. The fraction of sp³-hybridized carbons (Fsp3) is 1.00. The molecule has 1 radical (unpaired) electrons. The summed E-state index contributed by atoms with van der Waals surface area (Å²) in [5.41, 5.74) is 0. The molecule has 0 amide bonds. The van der Waals surface area contributed by atoms with Crippen molar-refractivity contribution in [2.45, 2.75) is 0 Å². The van der Waals surface area contributed by atoms with E-state index in [-0.39, 0.29) is 0 Å². The molecule has 1 aliphatic heterocycles. The molecule has 1 rings (SSSR count). The van der Waals surface area contributed by atoms with Gasteiger partial charge in [0.1, 0.15) is 0 Å². The van der Waals surface area contributed by atoms with E-state index in [0.717, 1.165) is 0 Å². The third kappa shape index (κ3) is 1.18. The van der Waals surface area contributed by atoms with Gasteiger partial charge in [0.15, 0.2) is 0 Å². The largest absolute Gasteiger partial charge is 0.333 e. The van der Waals surface area contributed by atoms with Gasteiger partial charge in [-0.2, -0.15) is 0 Å². The number of rotatable bonds is 0. The van der Waals surface area contributed by atoms with E-state index in [0.29, 0.717) is 0 Å². The van der Waals surface area contributed by atoms with Crippen LogP contribution in [0.2, 0.25) is 0 Å². The van der Waals surface area contributed by atoms with Gasteiger partial charge in [0.2, 0.25) is 0 Å². The highest BCUT2D eigenvalue weighted by atomic mass is 15.2. The van der Waals surface area contributed by atoms with Gasteiger partial charge >= 0.3 is 7.55 Å². The maximum atomic E-state index is 2.18. The molecule has 0 aliphatic carbocycles. The molecule has 0 atom stereocenters. The van der Waals surface area contributed by atoms with E-state index in [1.807, 2.05) is 0 Å². The van der Waals surface area contributed by atoms with E-state index in [1.165, 1.54) is 13.1 Å². The summed E-state index contributed by atoms with van der Waals surface area (Å²) in [6, 6.07) is 0. The summed E-state index contributed by atoms with van der Waals surface area (Å²) in [7, 11) is 6.28. The lowest BCUT2D eigenvalue weighted by atomic mass is 10.1. The highest BCUT2D eigenvalue weighted by Crippen LogP contribution is 1.92. The molecule has 1 saturated heterocycles. The van der Waals surface area contributed by atoms with Gasteiger partial charge in [-0.15, -0.1) is 0 Å². The van der Waals surface area contributed by atoms with Gasteiger partial charge in [0.05, 0.1) is 0 Å². The van der Waals surface area contributed by atoms with Gasteiger partial charge in [0, 0.05) is 0 Å². The van der Waals surface area contributed by atoms with Crippen molar-refractivity contribution in [3.05, 3.63) is 0 Å². The molecular weight excluding hydrogens is 86.9 g/mol.